The standard InChI is InChI=1S/C12H22N2O6S/c1-2-3-8-21(18,19)9-10(11(15)16)13-12(17)14-4-6-20-7-5-14/h10H,2-9H2,1H3,(H,13,17)(H,15,16)/t10-/m0/s1. The van der Waals surface area contributed by atoms with Gasteiger partial charge < -0.3 is 20.1 Å². The maximum atomic E-state index is 11.9. The Morgan fingerprint density at radius 3 is 2.48 bits per heavy atom. The molecule has 0 unspecified atom stereocenters. The van der Waals surface area contributed by atoms with Crippen molar-refractivity contribution in [3.8, 4) is 0 Å². The SMILES string of the molecule is CCCCS(=O)(=O)C[C@H](NC(=O)N1CCOCC1)C(=O)O. The highest BCUT2D eigenvalue weighted by atomic mass is 32.2. The average molecular weight is 322 g/mol. The van der Waals surface area contributed by atoms with Crippen molar-refractivity contribution >= 4 is 21.8 Å². The molecule has 2 amide bonds. The van der Waals surface area contributed by atoms with Gasteiger partial charge in [0.15, 0.2) is 9.84 Å². The lowest BCUT2D eigenvalue weighted by Crippen LogP contribution is -2.53. The van der Waals surface area contributed by atoms with Gasteiger partial charge in [0.1, 0.15) is 6.04 Å². The van der Waals surface area contributed by atoms with Crippen LogP contribution in [-0.2, 0) is 19.4 Å². The molecule has 0 spiro atoms. The molecule has 1 heterocycles. The third-order valence-electron chi connectivity index (χ3n) is 3.12. The molecule has 1 saturated heterocycles. The van der Waals surface area contributed by atoms with Crippen LogP contribution in [0.4, 0.5) is 4.79 Å². The average Bonchev–Trinajstić information content (AvgIpc) is 2.45. The fraction of sp³-hybridized carbons (Fsp3) is 0.833. The summed E-state index contributed by atoms with van der Waals surface area (Å²) >= 11 is 0. The second-order valence-electron chi connectivity index (χ2n) is 4.91. The van der Waals surface area contributed by atoms with Gasteiger partial charge in [0, 0.05) is 13.1 Å². The number of nitrogens with one attached hydrogen (secondary N) is 1. The van der Waals surface area contributed by atoms with E-state index in [0.29, 0.717) is 39.1 Å². The minimum absolute atomic E-state index is 0.0687. The largest absolute Gasteiger partial charge is 0.480 e. The molecule has 0 saturated carbocycles. The van der Waals surface area contributed by atoms with Crippen LogP contribution in [0.1, 0.15) is 19.8 Å². The minimum atomic E-state index is -3.50. The van der Waals surface area contributed by atoms with Crippen molar-refractivity contribution in [2.24, 2.45) is 0 Å². The summed E-state index contributed by atoms with van der Waals surface area (Å²) in [6.45, 7) is 3.35. The van der Waals surface area contributed by atoms with Crippen LogP contribution in [0.5, 0.6) is 0 Å². The fourth-order valence-corrected chi connectivity index (χ4v) is 3.51. The molecule has 0 aromatic carbocycles. The maximum Gasteiger partial charge on any atom is 0.327 e. The number of amides is 2. The normalized spacial score (nSPS) is 17.3. The molecule has 122 valence electrons. The molecule has 1 aliphatic heterocycles. The summed E-state index contributed by atoms with van der Waals surface area (Å²) in [5.41, 5.74) is 0. The van der Waals surface area contributed by atoms with E-state index >= 15 is 0 Å². The fourth-order valence-electron chi connectivity index (χ4n) is 1.88. The maximum absolute atomic E-state index is 11.9. The Bertz CT molecular complexity index is 458. The van der Waals surface area contributed by atoms with E-state index < -0.39 is 33.6 Å². The number of carboxylic acids is 1. The molecule has 1 atom stereocenters. The number of carbonyl (C=O) groups excluding carboxylic acids is 1. The summed E-state index contributed by atoms with van der Waals surface area (Å²) in [5, 5.41) is 11.4. The number of ether oxygens (including phenoxy) is 1. The van der Waals surface area contributed by atoms with Crippen molar-refractivity contribution in [2.75, 3.05) is 37.8 Å². The van der Waals surface area contributed by atoms with E-state index in [-0.39, 0.29) is 5.75 Å². The zero-order valence-electron chi connectivity index (χ0n) is 12.1. The summed E-state index contributed by atoms with van der Waals surface area (Å²) in [4.78, 5) is 24.5. The smallest absolute Gasteiger partial charge is 0.327 e. The van der Waals surface area contributed by atoms with Gasteiger partial charge in [-0.3, -0.25) is 0 Å². The molecule has 2 N–H and O–H groups in total. The van der Waals surface area contributed by atoms with Crippen LogP contribution in [0, 0.1) is 0 Å². The Morgan fingerprint density at radius 1 is 1.33 bits per heavy atom. The molecular formula is C12H22N2O6S. The molecule has 8 nitrogen and oxygen atoms in total. The highest BCUT2D eigenvalue weighted by Gasteiger charge is 2.28. The molecule has 21 heavy (non-hydrogen) atoms. The lowest BCUT2D eigenvalue weighted by atomic mass is 10.3. The predicted molar refractivity (Wildman–Crippen MR) is 75.9 cm³/mol. The van der Waals surface area contributed by atoms with Crippen molar-refractivity contribution in [2.45, 2.75) is 25.8 Å². The third-order valence-corrected chi connectivity index (χ3v) is 4.88. The number of carboxylic acid groups (broad SMARTS) is 1. The van der Waals surface area contributed by atoms with Gasteiger partial charge >= 0.3 is 12.0 Å². The number of hydrogen-bond acceptors (Lipinski definition) is 5. The van der Waals surface area contributed by atoms with E-state index in [9.17, 15) is 18.0 Å². The monoisotopic (exact) mass is 322 g/mol. The lowest BCUT2D eigenvalue weighted by molar-refractivity contribution is -0.138. The van der Waals surface area contributed by atoms with Crippen LogP contribution in [0.3, 0.4) is 0 Å². The number of hydrogen-bond donors (Lipinski definition) is 2. The van der Waals surface area contributed by atoms with Gasteiger partial charge in [0.25, 0.3) is 0 Å². The molecule has 0 aliphatic carbocycles. The van der Waals surface area contributed by atoms with Crippen LogP contribution < -0.4 is 5.32 Å². The van der Waals surface area contributed by atoms with E-state index in [2.05, 4.69) is 5.32 Å². The molecule has 1 fully saturated rings. The van der Waals surface area contributed by atoms with Crippen molar-refractivity contribution in [3.63, 3.8) is 0 Å². The summed E-state index contributed by atoms with van der Waals surface area (Å²) in [7, 11) is -3.50. The lowest BCUT2D eigenvalue weighted by Gasteiger charge is -2.28. The first-order chi connectivity index (χ1) is 9.85. The van der Waals surface area contributed by atoms with Gasteiger partial charge in [0.05, 0.1) is 24.7 Å². The van der Waals surface area contributed by atoms with E-state index in [1.54, 1.807) is 0 Å². The summed E-state index contributed by atoms with van der Waals surface area (Å²) in [6.07, 6.45) is 1.18. The first-order valence-electron chi connectivity index (χ1n) is 6.92. The van der Waals surface area contributed by atoms with Crippen LogP contribution >= 0.6 is 0 Å². The molecule has 0 radical (unpaired) electrons. The second-order valence-corrected chi connectivity index (χ2v) is 7.14. The first kappa shape index (κ1) is 17.7. The minimum Gasteiger partial charge on any atom is -0.480 e. The molecule has 9 heteroatoms. The van der Waals surface area contributed by atoms with Gasteiger partial charge in [-0.15, -0.1) is 0 Å². The number of sulfone groups is 1. The van der Waals surface area contributed by atoms with Gasteiger partial charge in [-0.2, -0.15) is 0 Å². The number of aliphatic carboxylic acids is 1. The topological polar surface area (TPSA) is 113 Å². The van der Waals surface area contributed by atoms with E-state index in [1.807, 2.05) is 6.92 Å². The number of urea groups is 1. The number of rotatable bonds is 7. The Kier molecular flexibility index (Phi) is 6.90. The Balaban J connectivity index is 2.60. The molecule has 1 rings (SSSR count). The van der Waals surface area contributed by atoms with Crippen molar-refractivity contribution in [3.05, 3.63) is 0 Å². The van der Waals surface area contributed by atoms with Crippen molar-refractivity contribution < 1.29 is 27.9 Å². The third kappa shape index (κ3) is 6.30. The van der Waals surface area contributed by atoms with Crippen molar-refractivity contribution in [1.82, 2.24) is 10.2 Å². The van der Waals surface area contributed by atoms with Gasteiger partial charge in [-0.25, -0.2) is 18.0 Å². The number of nitrogens with zero attached hydrogens (tertiary/aromatic N) is 1. The molecule has 0 bridgehead atoms. The number of morpholine rings is 1. The molecule has 0 aromatic rings. The van der Waals surface area contributed by atoms with Crippen LogP contribution in [-0.4, -0.2) is 74.3 Å². The predicted octanol–water partition coefficient (Wildman–Crippen LogP) is -0.304. The zero-order valence-corrected chi connectivity index (χ0v) is 12.9. The van der Waals surface area contributed by atoms with Crippen molar-refractivity contribution in [1.29, 1.82) is 0 Å². The molecule has 0 aromatic heterocycles. The molecule has 1 aliphatic rings. The number of carbonyl (C=O) groups is 2. The highest BCUT2D eigenvalue weighted by Crippen LogP contribution is 2.03. The summed E-state index contributed by atoms with van der Waals surface area (Å²) < 4.78 is 28.7. The first-order valence-corrected chi connectivity index (χ1v) is 8.74. The Labute approximate surface area is 124 Å². The van der Waals surface area contributed by atoms with Crippen LogP contribution in [0.25, 0.3) is 0 Å². The molecular weight excluding hydrogens is 300 g/mol. The Hall–Kier alpha value is -1.35. The van der Waals surface area contributed by atoms with Crippen LogP contribution in [0.15, 0.2) is 0 Å². The van der Waals surface area contributed by atoms with E-state index in [1.165, 1.54) is 4.90 Å². The van der Waals surface area contributed by atoms with Gasteiger partial charge in [-0.05, 0) is 6.42 Å². The Morgan fingerprint density at radius 2 is 1.95 bits per heavy atom. The zero-order chi connectivity index (χ0) is 15.9. The second kappa shape index (κ2) is 8.18. The number of unbranched alkanes of at least 4 members (excludes halogenated alkanes) is 1. The van der Waals surface area contributed by atoms with E-state index in [4.69, 9.17) is 9.84 Å². The quantitative estimate of drug-likeness (QED) is 0.665. The van der Waals surface area contributed by atoms with Crippen LogP contribution in [0.2, 0.25) is 0 Å². The van der Waals surface area contributed by atoms with Gasteiger partial charge in [-0.1, -0.05) is 13.3 Å². The highest BCUT2D eigenvalue weighted by molar-refractivity contribution is 7.91. The van der Waals surface area contributed by atoms with Gasteiger partial charge in [0.2, 0.25) is 0 Å². The summed E-state index contributed by atoms with van der Waals surface area (Å²) in [6, 6.07) is -2.00. The summed E-state index contributed by atoms with van der Waals surface area (Å²) in [5.74, 6) is -2.00. The van der Waals surface area contributed by atoms with E-state index in [0.717, 1.165) is 0 Å².